The quantitative estimate of drug-likeness (QED) is 0.443. The van der Waals surface area contributed by atoms with Gasteiger partial charge in [-0.15, -0.1) is 11.3 Å². The van der Waals surface area contributed by atoms with Crippen LogP contribution >= 0.6 is 27.3 Å². The minimum atomic E-state index is -2.84. The number of benzene rings is 1. The molecule has 1 aromatic heterocycles. The van der Waals surface area contributed by atoms with E-state index in [1.807, 2.05) is 0 Å². The Morgan fingerprint density at radius 1 is 1.38 bits per heavy atom. The summed E-state index contributed by atoms with van der Waals surface area (Å²) in [5.74, 6) is -0.391. The molecule has 0 aliphatic heterocycles. The molecule has 2 rings (SSSR count). The Morgan fingerprint density at radius 3 is 2.67 bits per heavy atom. The van der Waals surface area contributed by atoms with Crippen molar-refractivity contribution in [2.24, 2.45) is 0 Å². The predicted molar refractivity (Wildman–Crippen MR) is 79.9 cm³/mol. The van der Waals surface area contributed by atoms with Crippen molar-refractivity contribution in [2.45, 2.75) is 11.8 Å². The molecule has 112 valence electrons. The van der Waals surface area contributed by atoms with Crippen LogP contribution in [-0.2, 0) is 17.5 Å². The van der Waals surface area contributed by atoms with Crippen LogP contribution in [0.4, 0.5) is 4.39 Å². The molecule has 5 nitrogen and oxygen atoms in total. The summed E-state index contributed by atoms with van der Waals surface area (Å²) in [4.78, 5) is 10.7. The standard InChI is InChI=1S/C12H9BrFNO4S2/c13-8-2-1-7(10(14)6-8)5-9-3-4-11(20-9)12(15(16)17)21(18)19/h1-4,6,12H,5H2,(H,18,19)/p-1. The van der Waals surface area contributed by atoms with E-state index in [1.54, 1.807) is 18.2 Å². The Labute approximate surface area is 134 Å². The van der Waals surface area contributed by atoms with E-state index in [9.17, 15) is 23.3 Å². The molecule has 0 spiro atoms. The second-order valence-corrected chi connectivity index (χ2v) is 7.20. The molecule has 9 heteroatoms. The first-order valence-corrected chi connectivity index (χ1v) is 8.37. The van der Waals surface area contributed by atoms with E-state index >= 15 is 0 Å². The molecule has 0 saturated carbocycles. The van der Waals surface area contributed by atoms with Crippen LogP contribution in [0, 0.1) is 15.9 Å². The van der Waals surface area contributed by atoms with Crippen molar-refractivity contribution in [3.8, 4) is 0 Å². The highest BCUT2D eigenvalue weighted by Crippen LogP contribution is 2.29. The smallest absolute Gasteiger partial charge is 0.307 e. The Morgan fingerprint density at radius 2 is 2.10 bits per heavy atom. The Bertz CT molecular complexity index is 692. The number of thiophene rings is 1. The third-order valence-electron chi connectivity index (χ3n) is 2.68. The monoisotopic (exact) mass is 392 g/mol. The maximum Gasteiger partial charge on any atom is 0.307 e. The zero-order valence-corrected chi connectivity index (χ0v) is 13.5. The lowest BCUT2D eigenvalue weighted by molar-refractivity contribution is -0.502. The summed E-state index contributed by atoms with van der Waals surface area (Å²) in [6.45, 7) is 0. The Balaban J connectivity index is 2.24. The molecule has 0 aliphatic carbocycles. The highest BCUT2D eigenvalue weighted by molar-refractivity contribution is 9.10. The van der Waals surface area contributed by atoms with E-state index in [1.165, 1.54) is 12.1 Å². The van der Waals surface area contributed by atoms with Crippen LogP contribution in [0.15, 0.2) is 34.8 Å². The van der Waals surface area contributed by atoms with Gasteiger partial charge in [-0.1, -0.05) is 22.0 Å². The molecule has 2 atom stereocenters. The topological polar surface area (TPSA) is 83.3 Å². The van der Waals surface area contributed by atoms with Gasteiger partial charge in [0.05, 0.1) is 4.88 Å². The van der Waals surface area contributed by atoms with Crippen molar-refractivity contribution >= 4 is 38.3 Å². The van der Waals surface area contributed by atoms with Gasteiger partial charge in [0.2, 0.25) is 0 Å². The molecule has 2 unspecified atom stereocenters. The van der Waals surface area contributed by atoms with E-state index in [4.69, 9.17) is 0 Å². The lowest BCUT2D eigenvalue weighted by Crippen LogP contribution is -2.14. The maximum atomic E-state index is 13.7. The van der Waals surface area contributed by atoms with Crippen LogP contribution in [0.2, 0.25) is 0 Å². The van der Waals surface area contributed by atoms with E-state index in [0.717, 1.165) is 11.3 Å². The summed E-state index contributed by atoms with van der Waals surface area (Å²) < 4.78 is 36.1. The second kappa shape index (κ2) is 6.73. The van der Waals surface area contributed by atoms with Crippen molar-refractivity contribution in [1.82, 2.24) is 0 Å². The van der Waals surface area contributed by atoms with Crippen LogP contribution in [0.5, 0.6) is 0 Å². The number of halogens is 2. The molecule has 1 heterocycles. The average Bonchev–Trinajstić information content (AvgIpc) is 2.80. The van der Waals surface area contributed by atoms with Crippen LogP contribution in [0.25, 0.3) is 0 Å². The Hall–Kier alpha value is -1.16. The minimum absolute atomic E-state index is 0.112. The molecule has 21 heavy (non-hydrogen) atoms. The molecular weight excluding hydrogens is 385 g/mol. The van der Waals surface area contributed by atoms with E-state index in [0.29, 0.717) is 14.9 Å². The molecule has 0 saturated heterocycles. The van der Waals surface area contributed by atoms with Gasteiger partial charge in [0.15, 0.2) is 0 Å². The second-order valence-electron chi connectivity index (χ2n) is 4.11. The summed E-state index contributed by atoms with van der Waals surface area (Å²) in [6.07, 6.45) is 0.250. The first-order chi connectivity index (χ1) is 9.88. The number of hydrogen-bond donors (Lipinski definition) is 0. The first-order valence-electron chi connectivity index (χ1n) is 5.62. The fourth-order valence-corrected chi connectivity index (χ4v) is 3.86. The van der Waals surface area contributed by atoms with E-state index in [-0.39, 0.29) is 11.3 Å². The van der Waals surface area contributed by atoms with Gasteiger partial charge in [-0.25, -0.2) is 4.39 Å². The van der Waals surface area contributed by atoms with Crippen LogP contribution in [0.1, 0.15) is 20.7 Å². The summed E-state index contributed by atoms with van der Waals surface area (Å²) in [6, 6.07) is 7.59. The van der Waals surface area contributed by atoms with Crippen molar-refractivity contribution in [2.75, 3.05) is 0 Å². The lowest BCUT2D eigenvalue weighted by Gasteiger charge is -2.09. The number of rotatable bonds is 5. The molecule has 0 amide bonds. The number of nitro groups is 1. The van der Waals surface area contributed by atoms with Crippen molar-refractivity contribution in [3.63, 3.8) is 0 Å². The zero-order chi connectivity index (χ0) is 15.6. The summed E-state index contributed by atoms with van der Waals surface area (Å²) in [5, 5.41) is 8.98. The van der Waals surface area contributed by atoms with Crippen LogP contribution < -0.4 is 0 Å². The van der Waals surface area contributed by atoms with Gasteiger partial charge in [-0.05, 0) is 29.8 Å². The summed E-state index contributed by atoms with van der Waals surface area (Å²) in [5.41, 5.74) is 0.437. The fourth-order valence-electron chi connectivity index (χ4n) is 1.74. The molecule has 0 radical (unpaired) electrons. The van der Waals surface area contributed by atoms with Gasteiger partial charge in [0, 0.05) is 31.8 Å². The summed E-state index contributed by atoms with van der Waals surface area (Å²) in [7, 11) is 0. The molecule has 0 fully saturated rings. The maximum absolute atomic E-state index is 13.7. The third-order valence-corrected chi connectivity index (χ3v) is 5.25. The third kappa shape index (κ3) is 3.94. The average molecular weight is 393 g/mol. The fraction of sp³-hybridized carbons (Fsp3) is 0.167. The molecule has 0 N–H and O–H groups in total. The highest BCUT2D eigenvalue weighted by atomic mass is 79.9. The largest absolute Gasteiger partial charge is 0.767 e. The van der Waals surface area contributed by atoms with Gasteiger partial charge in [0.1, 0.15) is 5.82 Å². The van der Waals surface area contributed by atoms with Crippen LogP contribution in [-0.4, -0.2) is 13.7 Å². The SMILES string of the molecule is O=[N+]([O-])C(c1ccc(Cc2ccc(Br)cc2F)s1)S(=O)[O-]. The van der Waals surface area contributed by atoms with Crippen molar-refractivity contribution in [1.29, 1.82) is 0 Å². The van der Waals surface area contributed by atoms with Gasteiger partial charge in [0.25, 0.3) is 0 Å². The molecule has 2 aromatic rings. The minimum Gasteiger partial charge on any atom is -0.767 e. The normalized spacial score (nSPS) is 13.9. The lowest BCUT2D eigenvalue weighted by atomic mass is 10.1. The van der Waals surface area contributed by atoms with Crippen molar-refractivity contribution in [3.05, 3.63) is 66.1 Å². The number of nitrogens with zero attached hydrogens (tertiary/aromatic N) is 1. The Kier molecular flexibility index (Phi) is 5.20. The molecular formula is C12H8BrFNO4S2-. The summed E-state index contributed by atoms with van der Waals surface area (Å²) >= 11 is 1.30. The van der Waals surface area contributed by atoms with Crippen molar-refractivity contribution < 1.29 is 18.1 Å². The number of hydrogen-bond acceptors (Lipinski definition) is 5. The molecule has 0 bridgehead atoms. The van der Waals surface area contributed by atoms with Gasteiger partial charge in [-0.2, -0.15) is 0 Å². The van der Waals surface area contributed by atoms with Crippen LogP contribution in [0.3, 0.4) is 0 Å². The highest BCUT2D eigenvalue weighted by Gasteiger charge is 2.25. The predicted octanol–water partition coefficient (Wildman–Crippen LogP) is 3.39. The molecule has 0 aliphatic rings. The zero-order valence-electron chi connectivity index (χ0n) is 10.3. The van der Waals surface area contributed by atoms with E-state index < -0.39 is 27.2 Å². The van der Waals surface area contributed by atoms with E-state index in [2.05, 4.69) is 15.9 Å². The van der Waals surface area contributed by atoms with Gasteiger partial charge < -0.3 is 4.55 Å². The van der Waals surface area contributed by atoms with Gasteiger partial charge >= 0.3 is 5.37 Å². The molecule has 1 aromatic carbocycles. The van der Waals surface area contributed by atoms with Gasteiger partial charge in [-0.3, -0.25) is 14.3 Å². The first kappa shape index (κ1) is 16.2.